The van der Waals surface area contributed by atoms with Gasteiger partial charge < -0.3 is 15.2 Å². The minimum atomic E-state index is -0.519. The minimum absolute atomic E-state index is 0.202. The third-order valence-corrected chi connectivity index (χ3v) is 1.89. The van der Waals surface area contributed by atoms with Crippen LogP contribution in [0, 0.1) is 5.92 Å². The Morgan fingerprint density at radius 3 is 2.25 bits per heavy atom. The van der Waals surface area contributed by atoms with Gasteiger partial charge in [-0.25, -0.2) is 0 Å². The van der Waals surface area contributed by atoms with E-state index in [1.807, 2.05) is 34.6 Å². The fraction of sp³-hybridized carbons (Fsp3) is 0.917. The maximum absolute atomic E-state index is 11.4. The predicted octanol–water partition coefficient (Wildman–Crippen LogP) is 1.72. The summed E-state index contributed by atoms with van der Waals surface area (Å²) in [6, 6.07) is -0.519. The van der Waals surface area contributed by atoms with Crippen LogP contribution in [0.4, 0.5) is 0 Å². The molecule has 0 amide bonds. The van der Waals surface area contributed by atoms with Crippen molar-refractivity contribution < 1.29 is 14.3 Å². The molecule has 0 unspecified atom stereocenters. The summed E-state index contributed by atoms with van der Waals surface area (Å²) in [7, 11) is 0. The zero-order valence-corrected chi connectivity index (χ0v) is 11.1. The second-order valence-corrected chi connectivity index (χ2v) is 5.36. The summed E-state index contributed by atoms with van der Waals surface area (Å²) in [5.41, 5.74) is 5.47. The summed E-state index contributed by atoms with van der Waals surface area (Å²) in [6.07, 6.45) is 0.652. The van der Waals surface area contributed by atoms with Crippen molar-refractivity contribution in [3.05, 3.63) is 0 Å². The molecule has 0 aliphatic carbocycles. The molecule has 0 saturated carbocycles. The molecule has 0 saturated heterocycles. The van der Waals surface area contributed by atoms with Crippen molar-refractivity contribution in [1.29, 1.82) is 0 Å². The quantitative estimate of drug-likeness (QED) is 0.558. The lowest BCUT2D eigenvalue weighted by molar-refractivity contribution is -0.148. The first-order valence-corrected chi connectivity index (χ1v) is 5.78. The standard InChI is InChI=1S/C12H25NO3/c1-9(2)8-10(13)11(14)15-6-7-16-12(3,4)5/h9-10H,6-8,13H2,1-5H3/t10-/m0/s1. The second kappa shape index (κ2) is 6.86. The molecule has 0 fully saturated rings. The van der Waals surface area contributed by atoms with Crippen molar-refractivity contribution in [1.82, 2.24) is 0 Å². The number of hydrogen-bond donors (Lipinski definition) is 1. The Balaban J connectivity index is 3.65. The Bertz CT molecular complexity index is 209. The lowest BCUT2D eigenvalue weighted by Gasteiger charge is -2.20. The van der Waals surface area contributed by atoms with Crippen LogP contribution in [0.25, 0.3) is 0 Å². The summed E-state index contributed by atoms with van der Waals surface area (Å²) in [5.74, 6) is 0.0552. The monoisotopic (exact) mass is 231 g/mol. The molecule has 2 N–H and O–H groups in total. The molecule has 1 atom stereocenters. The molecule has 0 aliphatic rings. The molecule has 4 heteroatoms. The molecule has 16 heavy (non-hydrogen) atoms. The van der Waals surface area contributed by atoms with Gasteiger partial charge in [0.1, 0.15) is 12.6 Å². The van der Waals surface area contributed by atoms with Gasteiger partial charge in [0.25, 0.3) is 0 Å². The van der Waals surface area contributed by atoms with E-state index in [2.05, 4.69) is 0 Å². The molecule has 0 radical (unpaired) electrons. The first-order valence-electron chi connectivity index (χ1n) is 5.78. The summed E-state index contributed by atoms with van der Waals surface area (Å²) >= 11 is 0. The third-order valence-electron chi connectivity index (χ3n) is 1.89. The molecular weight excluding hydrogens is 206 g/mol. The van der Waals surface area contributed by atoms with E-state index in [4.69, 9.17) is 15.2 Å². The Morgan fingerprint density at radius 2 is 1.81 bits per heavy atom. The molecule has 0 heterocycles. The predicted molar refractivity (Wildman–Crippen MR) is 64.1 cm³/mol. The van der Waals surface area contributed by atoms with Crippen LogP contribution in [0.15, 0.2) is 0 Å². The topological polar surface area (TPSA) is 61.6 Å². The molecule has 0 spiro atoms. The van der Waals surface area contributed by atoms with Crippen LogP contribution in [-0.4, -0.2) is 30.8 Å². The Hall–Kier alpha value is -0.610. The first kappa shape index (κ1) is 15.4. The van der Waals surface area contributed by atoms with E-state index in [-0.39, 0.29) is 18.2 Å². The number of carbonyl (C=O) groups is 1. The van der Waals surface area contributed by atoms with Gasteiger partial charge in [0.2, 0.25) is 0 Å². The number of ether oxygens (including phenoxy) is 2. The van der Waals surface area contributed by atoms with E-state index in [1.165, 1.54) is 0 Å². The number of hydrogen-bond acceptors (Lipinski definition) is 4. The van der Waals surface area contributed by atoms with E-state index >= 15 is 0 Å². The number of carbonyl (C=O) groups excluding carboxylic acids is 1. The molecule has 0 aromatic rings. The van der Waals surface area contributed by atoms with Gasteiger partial charge in [-0.05, 0) is 33.1 Å². The van der Waals surface area contributed by atoms with Crippen LogP contribution in [0.3, 0.4) is 0 Å². The zero-order chi connectivity index (χ0) is 12.8. The Morgan fingerprint density at radius 1 is 1.25 bits per heavy atom. The highest BCUT2D eigenvalue weighted by molar-refractivity contribution is 5.75. The number of esters is 1. The van der Waals surface area contributed by atoms with Crippen molar-refractivity contribution in [2.24, 2.45) is 11.7 Å². The van der Waals surface area contributed by atoms with Crippen LogP contribution in [0.5, 0.6) is 0 Å². The van der Waals surface area contributed by atoms with Crippen LogP contribution >= 0.6 is 0 Å². The highest BCUT2D eigenvalue weighted by Crippen LogP contribution is 2.06. The van der Waals surface area contributed by atoms with Crippen molar-refractivity contribution >= 4 is 5.97 Å². The van der Waals surface area contributed by atoms with Gasteiger partial charge in [-0.3, -0.25) is 4.79 Å². The average Bonchev–Trinajstić information content (AvgIpc) is 2.09. The Kier molecular flexibility index (Phi) is 6.60. The maximum atomic E-state index is 11.4. The Labute approximate surface area is 98.5 Å². The van der Waals surface area contributed by atoms with E-state index in [0.29, 0.717) is 18.9 Å². The highest BCUT2D eigenvalue weighted by atomic mass is 16.6. The van der Waals surface area contributed by atoms with E-state index in [9.17, 15) is 4.79 Å². The van der Waals surface area contributed by atoms with Crippen LogP contribution in [0.2, 0.25) is 0 Å². The summed E-state index contributed by atoms with van der Waals surface area (Å²) in [4.78, 5) is 11.4. The van der Waals surface area contributed by atoms with Gasteiger partial charge >= 0.3 is 5.97 Å². The maximum Gasteiger partial charge on any atom is 0.322 e. The van der Waals surface area contributed by atoms with Gasteiger partial charge in [-0.2, -0.15) is 0 Å². The molecular formula is C12H25NO3. The second-order valence-electron chi connectivity index (χ2n) is 5.36. The van der Waals surface area contributed by atoms with Crippen molar-refractivity contribution in [2.45, 2.75) is 52.7 Å². The molecule has 0 bridgehead atoms. The van der Waals surface area contributed by atoms with Crippen molar-refractivity contribution in [3.63, 3.8) is 0 Å². The van der Waals surface area contributed by atoms with Crippen molar-refractivity contribution in [3.8, 4) is 0 Å². The van der Waals surface area contributed by atoms with Crippen LogP contribution < -0.4 is 5.73 Å². The highest BCUT2D eigenvalue weighted by Gasteiger charge is 2.16. The zero-order valence-electron chi connectivity index (χ0n) is 11.1. The molecule has 0 aromatic carbocycles. The van der Waals surface area contributed by atoms with E-state index < -0.39 is 6.04 Å². The van der Waals surface area contributed by atoms with E-state index in [1.54, 1.807) is 0 Å². The van der Waals surface area contributed by atoms with E-state index in [0.717, 1.165) is 0 Å². The van der Waals surface area contributed by atoms with Gasteiger partial charge in [-0.1, -0.05) is 13.8 Å². The van der Waals surface area contributed by atoms with Gasteiger partial charge in [0.15, 0.2) is 0 Å². The fourth-order valence-corrected chi connectivity index (χ4v) is 1.20. The summed E-state index contributed by atoms with van der Waals surface area (Å²) in [5, 5.41) is 0. The molecule has 4 nitrogen and oxygen atoms in total. The molecule has 0 rings (SSSR count). The lowest BCUT2D eigenvalue weighted by atomic mass is 10.1. The molecule has 96 valence electrons. The fourth-order valence-electron chi connectivity index (χ4n) is 1.20. The number of nitrogens with two attached hydrogens (primary N) is 1. The first-order chi connectivity index (χ1) is 7.22. The summed E-state index contributed by atoms with van der Waals surface area (Å²) in [6.45, 7) is 10.6. The summed E-state index contributed by atoms with van der Waals surface area (Å²) < 4.78 is 10.4. The van der Waals surface area contributed by atoms with Gasteiger partial charge in [0.05, 0.1) is 12.2 Å². The van der Waals surface area contributed by atoms with Crippen LogP contribution in [0.1, 0.15) is 41.0 Å². The van der Waals surface area contributed by atoms with Crippen LogP contribution in [-0.2, 0) is 14.3 Å². The van der Waals surface area contributed by atoms with Gasteiger partial charge in [-0.15, -0.1) is 0 Å². The largest absolute Gasteiger partial charge is 0.462 e. The minimum Gasteiger partial charge on any atom is -0.462 e. The normalized spacial score (nSPS) is 13.9. The SMILES string of the molecule is CC(C)C[C@H](N)C(=O)OCCOC(C)(C)C. The lowest BCUT2D eigenvalue weighted by Crippen LogP contribution is -2.34. The van der Waals surface area contributed by atoms with Crippen molar-refractivity contribution in [2.75, 3.05) is 13.2 Å². The average molecular weight is 231 g/mol. The van der Waals surface area contributed by atoms with Gasteiger partial charge in [0, 0.05) is 0 Å². The molecule has 0 aliphatic heterocycles. The smallest absolute Gasteiger partial charge is 0.322 e. The third kappa shape index (κ3) is 8.68. The molecule has 0 aromatic heterocycles. The number of rotatable bonds is 6.